The zero-order chi connectivity index (χ0) is 20.2. The fourth-order valence-corrected chi connectivity index (χ4v) is 3.73. The minimum Gasteiger partial charge on any atom is -0.381 e. The topological polar surface area (TPSA) is 83.7 Å². The van der Waals surface area contributed by atoms with Crippen LogP contribution < -0.4 is 10.2 Å². The summed E-state index contributed by atoms with van der Waals surface area (Å²) in [6, 6.07) is 0.355. The lowest BCUT2D eigenvalue weighted by molar-refractivity contribution is -0.138. The minimum absolute atomic E-state index is 0.250. The summed E-state index contributed by atoms with van der Waals surface area (Å²) in [6.07, 6.45) is 8.81. The molecule has 4 rings (SSSR count). The van der Waals surface area contributed by atoms with Crippen molar-refractivity contribution in [3.8, 4) is 0 Å². The number of allylic oxidation sites excluding steroid dienone is 5. The third-order valence-electron chi connectivity index (χ3n) is 5.73. The highest BCUT2D eigenvalue weighted by molar-refractivity contribution is 5.79. The van der Waals surface area contributed by atoms with Crippen molar-refractivity contribution in [1.29, 1.82) is 0 Å². The quantitative estimate of drug-likeness (QED) is 0.702. The second-order valence-corrected chi connectivity index (χ2v) is 7.90. The maximum atomic E-state index is 12.4. The van der Waals surface area contributed by atoms with Crippen LogP contribution in [0.25, 0.3) is 5.57 Å². The van der Waals surface area contributed by atoms with E-state index in [0.29, 0.717) is 36.9 Å². The van der Waals surface area contributed by atoms with E-state index < -0.39 is 0 Å². The number of hydrogen-bond donors (Lipinski definition) is 1. The first-order valence-corrected chi connectivity index (χ1v) is 10.4. The SMILES string of the molecule is C=C/C=C(\C=C(/C)NC1COC1)c1nc(N2CCN(C(=O)C3CCC3)CC2)no1. The van der Waals surface area contributed by atoms with Gasteiger partial charge in [-0.15, -0.1) is 0 Å². The Morgan fingerprint density at radius 3 is 2.59 bits per heavy atom. The Kier molecular flexibility index (Phi) is 5.99. The number of hydrogen-bond acceptors (Lipinski definition) is 7. The molecular weight excluding hydrogens is 370 g/mol. The van der Waals surface area contributed by atoms with Crippen LogP contribution in [0.4, 0.5) is 5.95 Å². The number of piperazine rings is 1. The van der Waals surface area contributed by atoms with E-state index in [-0.39, 0.29) is 5.92 Å². The lowest BCUT2D eigenvalue weighted by Gasteiger charge is -2.37. The van der Waals surface area contributed by atoms with E-state index in [1.54, 1.807) is 6.08 Å². The maximum absolute atomic E-state index is 12.4. The number of ether oxygens (including phenoxy) is 1. The average Bonchev–Trinajstić information content (AvgIpc) is 3.13. The van der Waals surface area contributed by atoms with Crippen molar-refractivity contribution in [2.75, 3.05) is 44.3 Å². The van der Waals surface area contributed by atoms with Crippen molar-refractivity contribution in [1.82, 2.24) is 20.4 Å². The summed E-state index contributed by atoms with van der Waals surface area (Å²) < 4.78 is 10.7. The average molecular weight is 399 g/mol. The van der Waals surface area contributed by atoms with Gasteiger partial charge < -0.3 is 24.4 Å². The van der Waals surface area contributed by atoms with Gasteiger partial charge in [0.05, 0.1) is 19.3 Å². The predicted molar refractivity (Wildman–Crippen MR) is 110 cm³/mol. The van der Waals surface area contributed by atoms with E-state index in [1.165, 1.54) is 6.42 Å². The Labute approximate surface area is 171 Å². The van der Waals surface area contributed by atoms with Crippen molar-refractivity contribution in [3.05, 3.63) is 36.4 Å². The van der Waals surface area contributed by atoms with E-state index in [9.17, 15) is 4.79 Å². The normalized spacial score (nSPS) is 21.6. The fourth-order valence-electron chi connectivity index (χ4n) is 3.73. The van der Waals surface area contributed by atoms with E-state index in [4.69, 9.17) is 9.26 Å². The van der Waals surface area contributed by atoms with Crippen LogP contribution in [-0.2, 0) is 9.53 Å². The second-order valence-electron chi connectivity index (χ2n) is 7.90. The highest BCUT2D eigenvalue weighted by Crippen LogP contribution is 2.29. The first-order valence-electron chi connectivity index (χ1n) is 10.4. The maximum Gasteiger partial charge on any atom is 0.266 e. The molecule has 0 atom stereocenters. The van der Waals surface area contributed by atoms with E-state index in [2.05, 4.69) is 26.9 Å². The van der Waals surface area contributed by atoms with Gasteiger partial charge in [0.1, 0.15) is 0 Å². The van der Waals surface area contributed by atoms with Gasteiger partial charge in [-0.3, -0.25) is 4.79 Å². The van der Waals surface area contributed by atoms with Gasteiger partial charge in [-0.05, 0) is 37.1 Å². The first-order chi connectivity index (χ1) is 14.1. The molecule has 0 radical (unpaired) electrons. The third kappa shape index (κ3) is 4.53. The van der Waals surface area contributed by atoms with Crippen molar-refractivity contribution in [3.63, 3.8) is 0 Å². The number of anilines is 1. The number of nitrogens with zero attached hydrogens (tertiary/aromatic N) is 4. The van der Waals surface area contributed by atoms with Crippen molar-refractivity contribution in [2.45, 2.75) is 32.2 Å². The number of nitrogens with one attached hydrogen (secondary N) is 1. The van der Waals surface area contributed by atoms with Crippen molar-refractivity contribution >= 4 is 17.4 Å². The lowest BCUT2D eigenvalue weighted by Crippen LogP contribution is -2.51. The molecule has 0 spiro atoms. The monoisotopic (exact) mass is 399 g/mol. The molecule has 3 heterocycles. The lowest BCUT2D eigenvalue weighted by atomic mass is 9.84. The summed E-state index contributed by atoms with van der Waals surface area (Å²) in [5.74, 6) is 1.59. The minimum atomic E-state index is 0.250. The van der Waals surface area contributed by atoms with E-state index >= 15 is 0 Å². The van der Waals surface area contributed by atoms with E-state index in [1.807, 2.05) is 24.0 Å². The number of aromatic nitrogens is 2. The van der Waals surface area contributed by atoms with Crippen LogP contribution in [0, 0.1) is 5.92 Å². The molecule has 2 saturated heterocycles. The smallest absolute Gasteiger partial charge is 0.266 e. The fraction of sp³-hybridized carbons (Fsp3) is 0.571. The van der Waals surface area contributed by atoms with Gasteiger partial charge in [0.2, 0.25) is 5.91 Å². The van der Waals surface area contributed by atoms with Crippen LogP contribution in [0.3, 0.4) is 0 Å². The number of carbonyl (C=O) groups excluding carboxylic acids is 1. The largest absolute Gasteiger partial charge is 0.381 e. The molecule has 0 unspecified atom stereocenters. The van der Waals surface area contributed by atoms with Crippen LogP contribution in [-0.4, -0.2) is 66.4 Å². The summed E-state index contributed by atoms with van der Waals surface area (Å²) in [6.45, 7) is 10.1. The zero-order valence-electron chi connectivity index (χ0n) is 17.0. The van der Waals surface area contributed by atoms with Gasteiger partial charge in [-0.1, -0.05) is 19.1 Å². The van der Waals surface area contributed by atoms with Gasteiger partial charge >= 0.3 is 0 Å². The molecule has 1 N–H and O–H groups in total. The summed E-state index contributed by atoms with van der Waals surface area (Å²) in [7, 11) is 0. The standard InChI is InChI=1S/C21H29N5O3/c1-3-5-17(12-15(2)22-18-13-28-14-18)19-23-21(24-29-19)26-10-8-25(9-11-26)20(27)16-6-4-7-16/h3,5,12,16,18,22H,1,4,6-11,13-14H2,2H3/b15-12+,17-5+. The molecule has 3 aliphatic rings. The van der Waals surface area contributed by atoms with Gasteiger partial charge in [0.25, 0.3) is 11.8 Å². The molecule has 2 aliphatic heterocycles. The summed E-state index contributed by atoms with van der Waals surface area (Å²) >= 11 is 0. The summed E-state index contributed by atoms with van der Waals surface area (Å²) in [5, 5.41) is 7.56. The van der Waals surface area contributed by atoms with Gasteiger partial charge in [-0.25, -0.2) is 0 Å². The summed E-state index contributed by atoms with van der Waals surface area (Å²) in [4.78, 5) is 21.0. The van der Waals surface area contributed by atoms with E-state index in [0.717, 1.165) is 50.4 Å². The van der Waals surface area contributed by atoms with Gasteiger partial charge in [-0.2, -0.15) is 4.98 Å². The molecule has 1 amide bonds. The molecule has 0 bridgehead atoms. The molecule has 3 fully saturated rings. The molecule has 29 heavy (non-hydrogen) atoms. The predicted octanol–water partition coefficient (Wildman–Crippen LogP) is 1.98. The molecule has 156 valence electrons. The second kappa shape index (κ2) is 8.82. The first kappa shape index (κ1) is 19.7. The molecule has 8 nitrogen and oxygen atoms in total. The molecule has 8 heteroatoms. The van der Waals surface area contributed by atoms with Crippen LogP contribution in [0.1, 0.15) is 32.1 Å². The molecule has 1 aromatic heterocycles. The Morgan fingerprint density at radius 1 is 1.24 bits per heavy atom. The highest BCUT2D eigenvalue weighted by atomic mass is 16.5. The van der Waals surface area contributed by atoms with Gasteiger partial charge in [0, 0.05) is 43.4 Å². The van der Waals surface area contributed by atoms with Crippen LogP contribution >= 0.6 is 0 Å². The Hall–Kier alpha value is -2.61. The van der Waals surface area contributed by atoms with Crippen molar-refractivity contribution in [2.24, 2.45) is 5.92 Å². The number of carbonyl (C=O) groups is 1. The van der Waals surface area contributed by atoms with Crippen LogP contribution in [0.2, 0.25) is 0 Å². The number of amides is 1. The molecule has 1 aromatic rings. The van der Waals surface area contributed by atoms with Gasteiger partial charge in [0.15, 0.2) is 0 Å². The third-order valence-corrected chi connectivity index (χ3v) is 5.73. The van der Waals surface area contributed by atoms with Crippen LogP contribution in [0.15, 0.2) is 35.0 Å². The summed E-state index contributed by atoms with van der Waals surface area (Å²) in [5.41, 5.74) is 1.82. The Balaban J connectivity index is 1.37. The van der Waals surface area contributed by atoms with Crippen molar-refractivity contribution < 1.29 is 14.1 Å². The number of rotatable bonds is 7. The molecule has 1 aliphatic carbocycles. The highest BCUT2D eigenvalue weighted by Gasteiger charge is 2.32. The zero-order valence-corrected chi connectivity index (χ0v) is 17.0. The van der Waals surface area contributed by atoms with Crippen LogP contribution in [0.5, 0.6) is 0 Å². The molecule has 1 saturated carbocycles. The Morgan fingerprint density at radius 2 is 2.00 bits per heavy atom. The molecular formula is C21H29N5O3. The Bertz CT molecular complexity index is 799. The molecule has 0 aromatic carbocycles.